The molecule has 48 heavy (non-hydrogen) atoms. The molecule has 18 heteroatoms. The first kappa shape index (κ1) is 35.1. The summed E-state index contributed by atoms with van der Waals surface area (Å²) in [5, 5.41) is 82.3. The topological polar surface area (TPSA) is 274 Å². The maximum Gasteiger partial charge on any atom is 0.338 e. The molecule has 0 radical (unpaired) electrons. The number of benzene rings is 2. The summed E-state index contributed by atoms with van der Waals surface area (Å²) in [6.45, 7) is -1.34. The molecule has 5 rings (SSSR count). The third-order valence-electron chi connectivity index (χ3n) is 7.80. The first-order chi connectivity index (χ1) is 22.9. The minimum atomic E-state index is -1.89. The van der Waals surface area contributed by atoms with Gasteiger partial charge in [0.25, 0.3) is 0 Å². The summed E-state index contributed by atoms with van der Waals surface area (Å²) < 4.78 is 43.0. The fraction of sp³-hybridized carbons (Fsp3) is 0.467. The molecule has 18 nitrogen and oxygen atoms in total. The SMILES string of the molecule is COc1cc(C(=O)OC[C@H]2O[C@@H](Oc3c(O)c(OC)cc4ccc(=O)oc34)[C@H](O)[C@@H](O)[C@@H]2O)ccc1O[C@@H]1O[C@H](CO)[C@@H](O)[C@H](O)[C@H]1O. The molecule has 8 N–H and O–H groups in total. The number of phenols is 1. The van der Waals surface area contributed by atoms with Crippen LogP contribution in [0.3, 0.4) is 0 Å². The molecule has 2 saturated heterocycles. The van der Waals surface area contributed by atoms with Crippen LogP contribution in [0.25, 0.3) is 11.0 Å². The van der Waals surface area contributed by atoms with Crippen molar-refractivity contribution in [3.05, 3.63) is 52.4 Å². The maximum absolute atomic E-state index is 12.9. The van der Waals surface area contributed by atoms with E-state index in [1.807, 2.05) is 0 Å². The number of methoxy groups -OCH3 is 2. The Morgan fingerprint density at radius 3 is 2.02 bits per heavy atom. The van der Waals surface area contributed by atoms with Crippen LogP contribution in [0.2, 0.25) is 0 Å². The molecule has 2 aliphatic heterocycles. The third kappa shape index (κ3) is 6.83. The lowest BCUT2D eigenvalue weighted by Gasteiger charge is -2.40. The van der Waals surface area contributed by atoms with Crippen molar-refractivity contribution in [1.82, 2.24) is 0 Å². The smallest absolute Gasteiger partial charge is 0.338 e. The monoisotopic (exact) mass is 682 g/mol. The molecule has 2 aliphatic rings. The molecule has 262 valence electrons. The van der Waals surface area contributed by atoms with E-state index < -0.39 is 97.7 Å². The highest BCUT2D eigenvalue weighted by molar-refractivity contribution is 5.90. The van der Waals surface area contributed by atoms with E-state index in [0.717, 1.165) is 6.07 Å². The summed E-state index contributed by atoms with van der Waals surface area (Å²) in [7, 11) is 2.51. The van der Waals surface area contributed by atoms with Gasteiger partial charge in [0.05, 0.1) is 26.4 Å². The Labute approximate surface area is 270 Å². The molecule has 1 aromatic heterocycles. The van der Waals surface area contributed by atoms with Crippen molar-refractivity contribution in [3.63, 3.8) is 0 Å². The summed E-state index contributed by atoms with van der Waals surface area (Å²) in [4.78, 5) is 24.8. The first-order valence-corrected chi connectivity index (χ1v) is 14.4. The normalized spacial score (nSPS) is 30.4. The number of phenolic OH excluding ortho intramolecular Hbond substituents is 1. The highest BCUT2D eigenvalue weighted by Crippen LogP contribution is 2.43. The van der Waals surface area contributed by atoms with Crippen LogP contribution < -0.4 is 24.6 Å². The molecule has 3 aromatic rings. The Morgan fingerprint density at radius 1 is 0.750 bits per heavy atom. The fourth-order valence-electron chi connectivity index (χ4n) is 5.10. The number of fused-ring (bicyclic) bond motifs is 1. The average Bonchev–Trinajstić information content (AvgIpc) is 3.09. The number of rotatable bonds is 10. The second kappa shape index (κ2) is 14.5. The summed E-state index contributed by atoms with van der Waals surface area (Å²) in [6.07, 6.45) is -16.5. The van der Waals surface area contributed by atoms with Crippen LogP contribution in [-0.4, -0.2) is 136 Å². The molecule has 10 atom stereocenters. The zero-order valence-corrected chi connectivity index (χ0v) is 25.3. The minimum Gasteiger partial charge on any atom is -0.502 e. The number of aliphatic hydroxyl groups excluding tert-OH is 7. The summed E-state index contributed by atoms with van der Waals surface area (Å²) in [5.74, 6) is -2.22. The van der Waals surface area contributed by atoms with Gasteiger partial charge in [-0.05, 0) is 30.3 Å². The predicted octanol–water partition coefficient (Wildman–Crippen LogP) is -2.26. The van der Waals surface area contributed by atoms with Crippen LogP contribution in [0.5, 0.6) is 28.7 Å². The van der Waals surface area contributed by atoms with Crippen molar-refractivity contribution < 1.29 is 83.2 Å². The molecule has 0 saturated carbocycles. The van der Waals surface area contributed by atoms with Gasteiger partial charge in [-0.25, -0.2) is 9.59 Å². The largest absolute Gasteiger partial charge is 0.502 e. The van der Waals surface area contributed by atoms with Crippen molar-refractivity contribution in [1.29, 1.82) is 0 Å². The molecule has 0 spiro atoms. The van der Waals surface area contributed by atoms with Gasteiger partial charge in [0.1, 0.15) is 55.4 Å². The second-order valence-corrected chi connectivity index (χ2v) is 10.8. The van der Waals surface area contributed by atoms with Gasteiger partial charge in [0.15, 0.2) is 22.8 Å². The second-order valence-electron chi connectivity index (χ2n) is 10.8. The van der Waals surface area contributed by atoms with E-state index in [4.69, 9.17) is 37.6 Å². The van der Waals surface area contributed by atoms with Gasteiger partial charge in [-0.2, -0.15) is 0 Å². The summed E-state index contributed by atoms with van der Waals surface area (Å²) in [5.41, 5.74) is -1.10. The van der Waals surface area contributed by atoms with Gasteiger partial charge in [-0.1, -0.05) is 0 Å². The zero-order chi connectivity index (χ0) is 34.9. The van der Waals surface area contributed by atoms with E-state index in [2.05, 4.69) is 0 Å². The molecular weight excluding hydrogens is 648 g/mol. The van der Waals surface area contributed by atoms with Crippen molar-refractivity contribution in [2.45, 2.75) is 61.4 Å². The molecule has 2 fully saturated rings. The van der Waals surface area contributed by atoms with Crippen LogP contribution in [-0.2, 0) is 14.2 Å². The fourth-order valence-corrected chi connectivity index (χ4v) is 5.10. The van der Waals surface area contributed by atoms with E-state index in [0.29, 0.717) is 0 Å². The quantitative estimate of drug-likeness (QED) is 0.0827. The molecule has 2 aromatic carbocycles. The van der Waals surface area contributed by atoms with Crippen LogP contribution in [0.15, 0.2) is 45.6 Å². The first-order valence-electron chi connectivity index (χ1n) is 14.4. The van der Waals surface area contributed by atoms with Crippen molar-refractivity contribution in [2.75, 3.05) is 27.4 Å². The number of ether oxygens (including phenoxy) is 7. The lowest BCUT2D eigenvalue weighted by molar-refractivity contribution is -0.277. The third-order valence-corrected chi connectivity index (χ3v) is 7.80. The number of carbonyl (C=O) groups excluding carboxylic acids is 1. The number of hydrogen-bond donors (Lipinski definition) is 8. The van der Waals surface area contributed by atoms with E-state index in [-0.39, 0.29) is 33.8 Å². The summed E-state index contributed by atoms with van der Waals surface area (Å²) >= 11 is 0. The predicted molar refractivity (Wildman–Crippen MR) is 156 cm³/mol. The van der Waals surface area contributed by atoms with Gasteiger partial charge in [0, 0.05) is 11.5 Å². The van der Waals surface area contributed by atoms with E-state index in [9.17, 15) is 50.4 Å². The van der Waals surface area contributed by atoms with Crippen LogP contribution in [0, 0.1) is 0 Å². The van der Waals surface area contributed by atoms with Gasteiger partial charge in [-0.15, -0.1) is 0 Å². The lowest BCUT2D eigenvalue weighted by Crippen LogP contribution is -2.60. The van der Waals surface area contributed by atoms with Gasteiger partial charge < -0.3 is 78.4 Å². The van der Waals surface area contributed by atoms with Crippen LogP contribution >= 0.6 is 0 Å². The molecule has 0 amide bonds. The molecule has 0 unspecified atom stereocenters. The number of aliphatic hydroxyl groups is 7. The Hall–Kier alpha value is -4.24. The molecule has 0 bridgehead atoms. The van der Waals surface area contributed by atoms with E-state index >= 15 is 0 Å². The van der Waals surface area contributed by atoms with Gasteiger partial charge in [0.2, 0.25) is 24.1 Å². The zero-order valence-electron chi connectivity index (χ0n) is 25.3. The number of aromatic hydroxyl groups is 1. The number of carbonyl (C=O) groups is 1. The maximum atomic E-state index is 12.9. The molecular formula is C30H34O18. The Bertz CT molecular complexity index is 1660. The lowest BCUT2D eigenvalue weighted by atomic mass is 9.99. The van der Waals surface area contributed by atoms with E-state index in [1.54, 1.807) is 0 Å². The average molecular weight is 683 g/mol. The van der Waals surface area contributed by atoms with Crippen LogP contribution in [0.1, 0.15) is 10.4 Å². The Kier molecular flexibility index (Phi) is 10.6. The van der Waals surface area contributed by atoms with Gasteiger partial charge >= 0.3 is 11.6 Å². The molecule has 3 heterocycles. The number of esters is 1. The molecule has 0 aliphatic carbocycles. The van der Waals surface area contributed by atoms with Crippen molar-refractivity contribution in [2.24, 2.45) is 0 Å². The Balaban J connectivity index is 1.29. The minimum absolute atomic E-state index is 0.0423. The van der Waals surface area contributed by atoms with E-state index in [1.165, 1.54) is 44.6 Å². The van der Waals surface area contributed by atoms with Crippen molar-refractivity contribution in [3.8, 4) is 28.7 Å². The number of hydrogen-bond acceptors (Lipinski definition) is 18. The van der Waals surface area contributed by atoms with Crippen LogP contribution in [0.4, 0.5) is 0 Å². The Morgan fingerprint density at radius 2 is 1.38 bits per heavy atom. The summed E-state index contributed by atoms with van der Waals surface area (Å²) in [6, 6.07) is 7.57. The highest BCUT2D eigenvalue weighted by Gasteiger charge is 2.47. The van der Waals surface area contributed by atoms with Crippen molar-refractivity contribution >= 4 is 16.9 Å². The standard InChI is InChI=1S/C30H34O18/c1-41-14-8-12(3-5-13(14)44-29-24(38)22(36)19(33)16(9-31)45-29)28(40)43-10-17-20(34)23(37)25(39)30(46-17)48-27-21(35)15(42-2)7-11-4-6-18(32)47-26(11)27/h3-8,16-17,19-20,22-25,29-31,33-39H,9-10H2,1-2H3/t16-,17-,19-,20-,22+,23+,24-,25-,29-,30+/m1/s1. The van der Waals surface area contributed by atoms with Gasteiger partial charge in [-0.3, -0.25) is 0 Å². The highest BCUT2D eigenvalue weighted by atomic mass is 16.7.